The van der Waals surface area contributed by atoms with Gasteiger partial charge in [-0.15, -0.1) is 5.10 Å². The zero-order chi connectivity index (χ0) is 19.7. The van der Waals surface area contributed by atoms with Gasteiger partial charge < -0.3 is 5.32 Å². The van der Waals surface area contributed by atoms with E-state index in [0.717, 1.165) is 11.3 Å². The van der Waals surface area contributed by atoms with Crippen molar-refractivity contribution in [2.75, 3.05) is 11.1 Å². The summed E-state index contributed by atoms with van der Waals surface area (Å²) in [6.45, 7) is 4.06. The third-order valence-electron chi connectivity index (χ3n) is 4.11. The number of thioether (sulfide) groups is 1. The lowest BCUT2D eigenvalue weighted by Gasteiger charge is -2.06. The van der Waals surface area contributed by atoms with E-state index >= 15 is 0 Å². The van der Waals surface area contributed by atoms with E-state index in [9.17, 15) is 9.18 Å². The van der Waals surface area contributed by atoms with Gasteiger partial charge in [0, 0.05) is 0 Å². The minimum atomic E-state index is -0.331. The monoisotopic (exact) mass is 414 g/mol. The van der Waals surface area contributed by atoms with Crippen LogP contribution in [0.5, 0.6) is 0 Å². The van der Waals surface area contributed by atoms with Gasteiger partial charge in [-0.1, -0.05) is 29.2 Å². The number of carbonyl (C=O) groups is 1. The van der Waals surface area contributed by atoms with Crippen LogP contribution < -0.4 is 5.32 Å². The number of tetrazole rings is 1. The second-order valence-corrected chi connectivity index (χ2v) is 8.08. The number of nitrogens with zero attached hydrogens (tertiary/aromatic N) is 5. The fourth-order valence-electron chi connectivity index (χ4n) is 2.53. The second kappa shape index (κ2) is 7.64. The van der Waals surface area contributed by atoms with E-state index in [0.29, 0.717) is 20.5 Å². The normalized spacial score (nSPS) is 11.1. The number of aromatic nitrogens is 5. The average molecular weight is 414 g/mol. The predicted octanol–water partition coefficient (Wildman–Crippen LogP) is 3.76. The summed E-state index contributed by atoms with van der Waals surface area (Å²) in [6.07, 6.45) is 0. The quantitative estimate of drug-likeness (QED) is 0.501. The smallest absolute Gasteiger partial charge is 0.236 e. The average Bonchev–Trinajstić information content (AvgIpc) is 3.28. The van der Waals surface area contributed by atoms with Gasteiger partial charge in [-0.3, -0.25) is 4.79 Å². The predicted molar refractivity (Wildman–Crippen MR) is 108 cm³/mol. The van der Waals surface area contributed by atoms with E-state index < -0.39 is 0 Å². The number of benzene rings is 2. The molecule has 4 aromatic rings. The molecule has 0 aliphatic carbocycles. The van der Waals surface area contributed by atoms with Gasteiger partial charge in [0.25, 0.3) is 0 Å². The molecule has 7 nitrogen and oxygen atoms in total. The van der Waals surface area contributed by atoms with Crippen molar-refractivity contribution >= 4 is 44.4 Å². The first-order valence-electron chi connectivity index (χ1n) is 8.34. The van der Waals surface area contributed by atoms with Gasteiger partial charge in [0.05, 0.1) is 21.7 Å². The van der Waals surface area contributed by atoms with E-state index in [-0.39, 0.29) is 17.5 Å². The van der Waals surface area contributed by atoms with Crippen molar-refractivity contribution in [3.63, 3.8) is 0 Å². The SMILES string of the molecule is Cc1ccc(-n2nnnc2SCC(=O)Nc2nc3ccc(F)cc3s2)cc1C. The summed E-state index contributed by atoms with van der Waals surface area (Å²) in [4.78, 5) is 16.6. The molecule has 0 unspecified atom stereocenters. The molecule has 0 fully saturated rings. The lowest BCUT2D eigenvalue weighted by Crippen LogP contribution is -2.14. The van der Waals surface area contributed by atoms with E-state index in [2.05, 4.69) is 25.8 Å². The molecule has 142 valence electrons. The molecule has 0 saturated heterocycles. The lowest BCUT2D eigenvalue weighted by molar-refractivity contribution is -0.113. The van der Waals surface area contributed by atoms with Crippen molar-refractivity contribution in [2.45, 2.75) is 19.0 Å². The first-order chi connectivity index (χ1) is 13.5. The Bertz CT molecular complexity index is 1170. The molecule has 4 rings (SSSR count). The minimum Gasteiger partial charge on any atom is -0.301 e. The molecule has 1 amide bonds. The molecule has 0 spiro atoms. The molecule has 0 bridgehead atoms. The molecule has 2 heterocycles. The van der Waals surface area contributed by atoms with E-state index in [1.165, 1.54) is 40.8 Å². The van der Waals surface area contributed by atoms with Crippen LogP contribution in [0.15, 0.2) is 41.6 Å². The number of aryl methyl sites for hydroxylation is 2. The molecule has 1 N–H and O–H groups in total. The Balaban J connectivity index is 1.43. The van der Waals surface area contributed by atoms with Crippen LogP contribution in [0.2, 0.25) is 0 Å². The van der Waals surface area contributed by atoms with E-state index in [1.54, 1.807) is 10.7 Å². The van der Waals surface area contributed by atoms with Crippen LogP contribution in [0, 0.1) is 19.7 Å². The van der Waals surface area contributed by atoms with Gasteiger partial charge in [-0.25, -0.2) is 9.37 Å². The fraction of sp³-hybridized carbons (Fsp3) is 0.167. The number of rotatable bonds is 5. The molecule has 0 saturated carbocycles. The number of carbonyl (C=O) groups excluding carboxylic acids is 1. The van der Waals surface area contributed by atoms with Crippen LogP contribution in [-0.4, -0.2) is 36.9 Å². The standard InChI is InChI=1S/C18H15FN6OS2/c1-10-3-5-13(7-11(10)2)25-18(22-23-24-25)27-9-16(26)21-17-20-14-6-4-12(19)8-15(14)28-17/h3-8H,9H2,1-2H3,(H,20,21,26). The Kier molecular flexibility index (Phi) is 5.05. The third kappa shape index (κ3) is 3.87. The zero-order valence-electron chi connectivity index (χ0n) is 15.0. The van der Waals surface area contributed by atoms with Crippen molar-refractivity contribution in [3.05, 3.63) is 53.3 Å². The number of hydrogen-bond donors (Lipinski definition) is 1. The van der Waals surface area contributed by atoms with Gasteiger partial charge in [0.1, 0.15) is 5.82 Å². The van der Waals surface area contributed by atoms with Crippen LogP contribution in [0.1, 0.15) is 11.1 Å². The summed E-state index contributed by atoms with van der Waals surface area (Å²) in [6, 6.07) is 10.3. The molecule has 2 aromatic heterocycles. The van der Waals surface area contributed by atoms with Gasteiger partial charge in [0.2, 0.25) is 11.1 Å². The Morgan fingerprint density at radius 2 is 2.07 bits per heavy atom. The molecule has 0 radical (unpaired) electrons. The zero-order valence-corrected chi connectivity index (χ0v) is 16.6. The van der Waals surface area contributed by atoms with Crippen LogP contribution in [-0.2, 0) is 4.79 Å². The van der Waals surface area contributed by atoms with Crippen LogP contribution in [0.4, 0.5) is 9.52 Å². The highest BCUT2D eigenvalue weighted by molar-refractivity contribution is 7.99. The van der Waals surface area contributed by atoms with Crippen molar-refractivity contribution in [1.29, 1.82) is 0 Å². The molecule has 10 heteroatoms. The number of fused-ring (bicyclic) bond motifs is 1. The summed E-state index contributed by atoms with van der Waals surface area (Å²) in [5.74, 6) is -0.447. The molecule has 28 heavy (non-hydrogen) atoms. The largest absolute Gasteiger partial charge is 0.301 e. The van der Waals surface area contributed by atoms with Crippen molar-refractivity contribution in [1.82, 2.24) is 25.2 Å². The minimum absolute atomic E-state index is 0.121. The van der Waals surface area contributed by atoms with E-state index in [1.807, 2.05) is 32.0 Å². The molecule has 2 aromatic carbocycles. The maximum atomic E-state index is 13.3. The number of amides is 1. The number of hydrogen-bond acceptors (Lipinski definition) is 7. The molecular formula is C18H15FN6OS2. The maximum Gasteiger partial charge on any atom is 0.236 e. The molecule has 0 atom stereocenters. The number of halogens is 1. The Morgan fingerprint density at radius 3 is 2.89 bits per heavy atom. The second-order valence-electron chi connectivity index (χ2n) is 6.11. The first kappa shape index (κ1) is 18.5. The van der Waals surface area contributed by atoms with Crippen molar-refractivity contribution < 1.29 is 9.18 Å². The molecular weight excluding hydrogens is 399 g/mol. The third-order valence-corrected chi connectivity index (χ3v) is 5.96. The highest BCUT2D eigenvalue weighted by Crippen LogP contribution is 2.27. The van der Waals surface area contributed by atoms with Crippen molar-refractivity contribution in [2.24, 2.45) is 0 Å². The lowest BCUT2D eigenvalue weighted by atomic mass is 10.1. The highest BCUT2D eigenvalue weighted by atomic mass is 32.2. The molecule has 0 aliphatic heterocycles. The first-order valence-corrected chi connectivity index (χ1v) is 10.1. The van der Waals surface area contributed by atoms with E-state index in [4.69, 9.17) is 0 Å². The van der Waals surface area contributed by atoms with Crippen LogP contribution >= 0.6 is 23.1 Å². The number of thiazole rings is 1. The maximum absolute atomic E-state index is 13.3. The molecule has 0 aliphatic rings. The Morgan fingerprint density at radius 1 is 1.21 bits per heavy atom. The highest BCUT2D eigenvalue weighted by Gasteiger charge is 2.14. The Hall–Kier alpha value is -2.85. The van der Waals surface area contributed by atoms with Crippen LogP contribution in [0.25, 0.3) is 15.9 Å². The number of nitrogens with one attached hydrogen (secondary N) is 1. The van der Waals surface area contributed by atoms with Gasteiger partial charge >= 0.3 is 0 Å². The van der Waals surface area contributed by atoms with Gasteiger partial charge in [-0.05, 0) is 65.7 Å². The van der Waals surface area contributed by atoms with Crippen LogP contribution in [0.3, 0.4) is 0 Å². The van der Waals surface area contributed by atoms with Gasteiger partial charge in [-0.2, -0.15) is 4.68 Å². The Labute approximate surface area is 168 Å². The van der Waals surface area contributed by atoms with Crippen molar-refractivity contribution in [3.8, 4) is 5.69 Å². The fourth-order valence-corrected chi connectivity index (χ4v) is 4.12. The number of anilines is 1. The summed E-state index contributed by atoms with van der Waals surface area (Å²) in [5, 5.41) is 15.4. The summed E-state index contributed by atoms with van der Waals surface area (Å²) in [7, 11) is 0. The summed E-state index contributed by atoms with van der Waals surface area (Å²) < 4.78 is 15.6. The summed E-state index contributed by atoms with van der Waals surface area (Å²) in [5.41, 5.74) is 3.80. The summed E-state index contributed by atoms with van der Waals surface area (Å²) >= 11 is 2.46. The van der Waals surface area contributed by atoms with Gasteiger partial charge in [0.15, 0.2) is 5.13 Å². The topological polar surface area (TPSA) is 85.6 Å².